The van der Waals surface area contributed by atoms with E-state index in [0.717, 1.165) is 32.5 Å². The topological polar surface area (TPSA) is 46.3 Å². The van der Waals surface area contributed by atoms with Crippen LogP contribution in [0.1, 0.15) is 26.7 Å². The van der Waals surface area contributed by atoms with E-state index >= 15 is 0 Å². The Morgan fingerprint density at radius 1 is 1.38 bits per heavy atom. The highest BCUT2D eigenvalue weighted by Gasteiger charge is 2.22. The third-order valence-electron chi connectivity index (χ3n) is 2.53. The van der Waals surface area contributed by atoms with Gasteiger partial charge in [0.05, 0.1) is 0 Å². The van der Waals surface area contributed by atoms with Gasteiger partial charge >= 0.3 is 0 Å². The number of hydrogen-bond donors (Lipinski definition) is 1. The molecule has 0 saturated carbocycles. The highest BCUT2D eigenvalue weighted by atomic mass is 16.1. The van der Waals surface area contributed by atoms with Gasteiger partial charge in [-0.15, -0.1) is 0 Å². The van der Waals surface area contributed by atoms with E-state index in [2.05, 4.69) is 18.7 Å². The standard InChI is InChI=1S/C10H19N2O/c1-8(2)7-12-5-3-9(4-6-12)10(11)13/h9H,3-7H2,1-2H3,(H2,11,13). The second kappa shape index (κ2) is 4.61. The number of nitrogens with two attached hydrogens (primary N) is 1. The average Bonchev–Trinajstić information content (AvgIpc) is 2.04. The molecule has 3 heteroatoms. The number of likely N-dealkylation sites (tertiary alicyclic amines) is 1. The number of carbonyl (C=O) groups excluding carboxylic acids is 1. The van der Waals surface area contributed by atoms with Crippen LogP contribution in [0.4, 0.5) is 0 Å². The summed E-state index contributed by atoms with van der Waals surface area (Å²) in [4.78, 5) is 13.3. The Morgan fingerprint density at radius 2 is 1.92 bits per heavy atom. The maximum atomic E-state index is 10.9. The van der Waals surface area contributed by atoms with E-state index in [1.165, 1.54) is 5.92 Å². The molecule has 0 aromatic carbocycles. The van der Waals surface area contributed by atoms with Crippen molar-refractivity contribution in [3.8, 4) is 0 Å². The molecule has 1 aliphatic rings. The van der Waals surface area contributed by atoms with Gasteiger partial charge in [-0.1, -0.05) is 13.8 Å². The number of rotatable bonds is 3. The monoisotopic (exact) mass is 183 g/mol. The van der Waals surface area contributed by atoms with Crippen molar-refractivity contribution in [2.75, 3.05) is 19.6 Å². The quantitative estimate of drug-likeness (QED) is 0.703. The van der Waals surface area contributed by atoms with Gasteiger partial charge in [-0.25, -0.2) is 0 Å². The van der Waals surface area contributed by atoms with E-state index in [1.54, 1.807) is 0 Å². The fourth-order valence-electron chi connectivity index (χ4n) is 1.82. The van der Waals surface area contributed by atoms with E-state index in [1.807, 2.05) is 0 Å². The van der Waals surface area contributed by atoms with Gasteiger partial charge in [-0.2, -0.15) is 0 Å². The van der Waals surface area contributed by atoms with Crippen LogP contribution in [0, 0.1) is 11.8 Å². The molecule has 0 unspecified atom stereocenters. The van der Waals surface area contributed by atoms with Crippen molar-refractivity contribution >= 4 is 5.91 Å². The Morgan fingerprint density at radius 3 is 2.31 bits per heavy atom. The van der Waals surface area contributed by atoms with Gasteiger partial charge in [0.25, 0.3) is 0 Å². The van der Waals surface area contributed by atoms with Crippen LogP contribution in [0.2, 0.25) is 0 Å². The molecule has 1 saturated heterocycles. The van der Waals surface area contributed by atoms with Crippen molar-refractivity contribution in [2.24, 2.45) is 11.7 Å². The summed E-state index contributed by atoms with van der Waals surface area (Å²) in [5, 5.41) is 0. The van der Waals surface area contributed by atoms with Gasteiger partial charge in [0, 0.05) is 12.5 Å². The summed E-state index contributed by atoms with van der Waals surface area (Å²) < 4.78 is 0. The summed E-state index contributed by atoms with van der Waals surface area (Å²) in [6.45, 7) is 7.36. The van der Waals surface area contributed by atoms with E-state index in [4.69, 9.17) is 5.73 Å². The lowest BCUT2D eigenvalue weighted by molar-refractivity contribution is -0.123. The minimum atomic E-state index is -0.128. The van der Waals surface area contributed by atoms with E-state index in [-0.39, 0.29) is 11.8 Å². The molecule has 1 aliphatic heterocycles. The lowest BCUT2D eigenvalue weighted by atomic mass is 9.96. The normalized spacial score (nSPS) is 20.8. The molecule has 0 aliphatic carbocycles. The number of piperidine rings is 1. The molecule has 75 valence electrons. The minimum Gasteiger partial charge on any atom is -0.369 e. The molecular weight excluding hydrogens is 164 g/mol. The molecule has 0 aromatic rings. The Balaban J connectivity index is 2.26. The molecule has 0 spiro atoms. The Bertz CT molecular complexity index is 172. The minimum absolute atomic E-state index is 0.119. The van der Waals surface area contributed by atoms with Gasteiger partial charge in [0.2, 0.25) is 5.91 Å². The second-order valence-corrected chi connectivity index (χ2v) is 4.16. The molecule has 3 nitrogen and oxygen atoms in total. The first-order valence-electron chi connectivity index (χ1n) is 4.90. The van der Waals surface area contributed by atoms with Crippen LogP contribution in [-0.2, 0) is 4.79 Å². The Labute approximate surface area is 80.3 Å². The first-order chi connectivity index (χ1) is 6.09. The molecule has 1 radical (unpaired) electrons. The maximum absolute atomic E-state index is 10.9. The van der Waals surface area contributed by atoms with E-state index < -0.39 is 0 Å². The first-order valence-corrected chi connectivity index (χ1v) is 4.90. The van der Waals surface area contributed by atoms with E-state index in [0.29, 0.717) is 0 Å². The fourth-order valence-corrected chi connectivity index (χ4v) is 1.82. The summed E-state index contributed by atoms with van der Waals surface area (Å²) in [5.41, 5.74) is 5.25. The van der Waals surface area contributed by atoms with Crippen molar-refractivity contribution in [3.63, 3.8) is 0 Å². The maximum Gasteiger partial charge on any atom is 0.220 e. The summed E-state index contributed by atoms with van der Waals surface area (Å²) in [5.74, 6) is 1.42. The van der Waals surface area contributed by atoms with Crippen LogP contribution in [0.3, 0.4) is 0 Å². The lowest BCUT2D eigenvalue weighted by Crippen LogP contribution is -2.39. The SMILES string of the molecule is C[C](C)CN1CCC(C(N)=O)CC1. The number of nitrogens with zero attached hydrogens (tertiary/aromatic N) is 1. The fraction of sp³-hybridized carbons (Fsp3) is 0.800. The molecule has 1 heterocycles. The predicted octanol–water partition coefficient (Wildman–Crippen LogP) is 0.798. The first kappa shape index (κ1) is 10.5. The molecule has 0 aromatic heterocycles. The van der Waals surface area contributed by atoms with Crippen molar-refractivity contribution in [2.45, 2.75) is 26.7 Å². The van der Waals surface area contributed by atoms with Crippen molar-refractivity contribution in [3.05, 3.63) is 5.92 Å². The Kier molecular flexibility index (Phi) is 3.72. The van der Waals surface area contributed by atoms with Gasteiger partial charge in [0.1, 0.15) is 0 Å². The molecule has 1 fully saturated rings. The summed E-state index contributed by atoms with van der Waals surface area (Å²) in [6, 6.07) is 0. The zero-order valence-corrected chi connectivity index (χ0v) is 8.55. The molecule has 0 atom stereocenters. The summed E-state index contributed by atoms with van der Waals surface area (Å²) in [6.07, 6.45) is 1.87. The zero-order chi connectivity index (χ0) is 9.84. The van der Waals surface area contributed by atoms with Crippen LogP contribution >= 0.6 is 0 Å². The van der Waals surface area contributed by atoms with Gasteiger partial charge in [-0.05, 0) is 31.8 Å². The van der Waals surface area contributed by atoms with Crippen LogP contribution < -0.4 is 5.73 Å². The molecule has 1 rings (SSSR count). The molecule has 2 N–H and O–H groups in total. The Hall–Kier alpha value is -0.570. The summed E-state index contributed by atoms with van der Waals surface area (Å²) in [7, 11) is 0. The molecule has 13 heavy (non-hydrogen) atoms. The molecule has 1 amide bonds. The number of carbonyl (C=O) groups is 1. The van der Waals surface area contributed by atoms with Crippen LogP contribution in [-0.4, -0.2) is 30.4 Å². The average molecular weight is 183 g/mol. The van der Waals surface area contributed by atoms with Gasteiger partial charge in [0.15, 0.2) is 0 Å². The smallest absolute Gasteiger partial charge is 0.220 e. The molecular formula is C10H19N2O. The van der Waals surface area contributed by atoms with Gasteiger partial charge < -0.3 is 10.6 Å². The largest absolute Gasteiger partial charge is 0.369 e. The number of hydrogen-bond acceptors (Lipinski definition) is 2. The van der Waals surface area contributed by atoms with Gasteiger partial charge in [-0.3, -0.25) is 4.79 Å². The van der Waals surface area contributed by atoms with Crippen molar-refractivity contribution < 1.29 is 4.79 Å². The second-order valence-electron chi connectivity index (χ2n) is 4.16. The van der Waals surface area contributed by atoms with Crippen molar-refractivity contribution in [1.82, 2.24) is 4.90 Å². The number of primary amides is 1. The van der Waals surface area contributed by atoms with E-state index in [9.17, 15) is 4.79 Å². The molecule has 0 bridgehead atoms. The number of amides is 1. The van der Waals surface area contributed by atoms with Crippen molar-refractivity contribution in [1.29, 1.82) is 0 Å². The van der Waals surface area contributed by atoms with Crippen LogP contribution in [0.5, 0.6) is 0 Å². The highest BCUT2D eigenvalue weighted by Crippen LogP contribution is 2.17. The van der Waals surface area contributed by atoms with Crippen LogP contribution in [0.25, 0.3) is 0 Å². The predicted molar refractivity (Wildman–Crippen MR) is 52.9 cm³/mol. The zero-order valence-electron chi connectivity index (χ0n) is 8.55. The third kappa shape index (κ3) is 3.35. The summed E-state index contributed by atoms with van der Waals surface area (Å²) >= 11 is 0. The van der Waals surface area contributed by atoms with Crippen LogP contribution in [0.15, 0.2) is 0 Å². The highest BCUT2D eigenvalue weighted by molar-refractivity contribution is 5.76. The lowest BCUT2D eigenvalue weighted by Gasteiger charge is -2.31. The third-order valence-corrected chi connectivity index (χ3v) is 2.53.